The van der Waals surface area contributed by atoms with E-state index < -0.39 is 20.0 Å². The van der Waals surface area contributed by atoms with Gasteiger partial charge in [0, 0.05) is 12.8 Å². The van der Waals surface area contributed by atoms with Gasteiger partial charge in [-0.1, -0.05) is 195 Å². The Morgan fingerprint density at radius 3 is 1.42 bits per heavy atom. The molecule has 0 fully saturated rings. The number of likely N-dealkylation sites (N-methyl/N-ethyl adjacent to an activating group) is 1. The quantitative estimate of drug-likeness (QED) is 0.0205. The van der Waals surface area contributed by atoms with E-state index in [0.717, 1.165) is 103 Å². The normalized spacial score (nSPS) is 14.7. The molecule has 1 amide bonds. The minimum absolute atomic E-state index is 0.0199. The number of hydrogen-bond acceptors (Lipinski definition) is 6. The van der Waals surface area contributed by atoms with Gasteiger partial charge >= 0.3 is 13.8 Å². The highest BCUT2D eigenvalue weighted by Crippen LogP contribution is 2.43. The molecule has 69 heavy (non-hydrogen) atoms. The van der Waals surface area contributed by atoms with Gasteiger partial charge in [-0.15, -0.1) is 0 Å². The molecule has 0 bridgehead atoms. The number of rotatable bonds is 47. The second-order valence-corrected chi connectivity index (χ2v) is 20.4. The van der Waals surface area contributed by atoms with Gasteiger partial charge in [0.05, 0.1) is 33.8 Å². The summed E-state index contributed by atoms with van der Waals surface area (Å²) in [7, 11) is 1.43. The fourth-order valence-corrected chi connectivity index (χ4v) is 7.78. The SMILES string of the molecule is CC/C=C\C/C=C\C/C=C\C/C=C\C/C=C\CCCC(=O)NC(COP(=O)(O)OCC[N+](C)(C)C)C(/C=C/CCCCCCCCCCCC)OC(=O)CCCCCC/C=C/C/C=C/C/C=C/CC. The van der Waals surface area contributed by atoms with Gasteiger partial charge in [-0.25, -0.2) is 4.57 Å². The molecule has 0 aliphatic heterocycles. The second-order valence-electron chi connectivity index (χ2n) is 19.0. The molecule has 0 rings (SSSR count). The third-order valence-electron chi connectivity index (χ3n) is 11.2. The number of esters is 1. The summed E-state index contributed by atoms with van der Waals surface area (Å²) in [6.45, 7) is 6.69. The van der Waals surface area contributed by atoms with Gasteiger partial charge < -0.3 is 19.4 Å². The molecule has 0 aromatic heterocycles. The number of carbonyl (C=O) groups excluding carboxylic acids is 2. The van der Waals surface area contributed by atoms with E-state index in [2.05, 4.69) is 123 Å². The number of amides is 1. The Morgan fingerprint density at radius 2 is 0.942 bits per heavy atom. The largest absolute Gasteiger partial charge is 0.472 e. The highest BCUT2D eigenvalue weighted by Gasteiger charge is 2.30. The number of carbonyl (C=O) groups is 2. The third-order valence-corrected chi connectivity index (χ3v) is 12.2. The van der Waals surface area contributed by atoms with E-state index in [1.165, 1.54) is 51.4 Å². The van der Waals surface area contributed by atoms with Gasteiger partial charge in [0.25, 0.3) is 0 Å². The van der Waals surface area contributed by atoms with Crippen molar-refractivity contribution in [1.29, 1.82) is 0 Å². The van der Waals surface area contributed by atoms with Crippen molar-refractivity contribution in [2.24, 2.45) is 0 Å². The van der Waals surface area contributed by atoms with E-state index in [0.29, 0.717) is 23.9 Å². The number of nitrogens with zero attached hydrogens (tertiary/aromatic N) is 1. The van der Waals surface area contributed by atoms with Gasteiger partial charge in [-0.05, 0) is 102 Å². The van der Waals surface area contributed by atoms with Gasteiger partial charge in [-0.3, -0.25) is 18.6 Å². The summed E-state index contributed by atoms with van der Waals surface area (Å²) in [5.41, 5.74) is 0. The standard InChI is InChI=1S/C59H101N2O7P/c1-7-10-13-16-19-22-25-28-30-31-32-33-36-39-42-45-48-51-58(62)60-56(55-67-69(64,65)66-54-53-61(4,5)6)57(50-47-44-41-38-35-27-24-21-18-15-12-9-3)68-59(63)52-49-46-43-40-37-34-29-26-23-20-17-14-11-8-2/h10-11,13-14,19-20,22-23,28-30,32-34,39,42,47,50,56-57H,7-9,12,15-18,21,24-27,31,35-38,40-41,43-46,48-49,51-55H2,1-6H3,(H-,60,62,64,65)/p+1/b13-10-,14-11+,22-19-,23-20+,30-28-,33-32-,34-29+,42-39-,50-47+. The van der Waals surface area contributed by atoms with E-state index in [9.17, 15) is 19.0 Å². The summed E-state index contributed by atoms with van der Waals surface area (Å²) in [5.74, 6) is -0.610. The molecule has 0 saturated carbocycles. The lowest BCUT2D eigenvalue weighted by atomic mass is 10.1. The van der Waals surface area contributed by atoms with E-state index in [1.807, 2.05) is 33.3 Å². The van der Waals surface area contributed by atoms with Crippen LogP contribution in [0.1, 0.15) is 201 Å². The average molecular weight is 982 g/mol. The number of quaternary nitrogens is 1. The number of nitrogens with one attached hydrogen (secondary N) is 1. The molecule has 0 aliphatic rings. The summed E-state index contributed by atoms with van der Waals surface area (Å²) < 4.78 is 30.5. The molecule has 0 heterocycles. The first-order valence-corrected chi connectivity index (χ1v) is 28.7. The molecule has 0 spiro atoms. The smallest absolute Gasteiger partial charge is 0.456 e. The number of phosphoric acid groups is 1. The predicted octanol–water partition coefficient (Wildman–Crippen LogP) is 16.2. The molecule has 0 aromatic carbocycles. The lowest BCUT2D eigenvalue weighted by Gasteiger charge is -2.27. The van der Waals surface area contributed by atoms with E-state index in [1.54, 1.807) is 0 Å². The fraction of sp³-hybridized carbons (Fsp3) is 0.661. The highest BCUT2D eigenvalue weighted by atomic mass is 31.2. The molecular weight excluding hydrogens is 880 g/mol. The van der Waals surface area contributed by atoms with Crippen LogP contribution in [0.15, 0.2) is 109 Å². The van der Waals surface area contributed by atoms with Gasteiger partial charge in [0.1, 0.15) is 19.3 Å². The van der Waals surface area contributed by atoms with Crippen molar-refractivity contribution in [2.75, 3.05) is 40.9 Å². The van der Waals surface area contributed by atoms with Crippen LogP contribution >= 0.6 is 7.82 Å². The molecule has 0 aliphatic carbocycles. The van der Waals surface area contributed by atoms with Crippen molar-refractivity contribution in [2.45, 2.75) is 213 Å². The Kier molecular flexibility index (Phi) is 46.0. The summed E-state index contributed by atoms with van der Waals surface area (Å²) in [4.78, 5) is 37.5. The average Bonchev–Trinajstić information content (AvgIpc) is 3.31. The Bertz CT molecular complexity index is 1550. The van der Waals surface area contributed by atoms with Crippen molar-refractivity contribution in [1.82, 2.24) is 5.32 Å². The number of hydrogen-bond donors (Lipinski definition) is 2. The van der Waals surface area contributed by atoms with Crippen LogP contribution in [0, 0.1) is 0 Å². The maximum absolute atomic E-state index is 13.4. The lowest BCUT2D eigenvalue weighted by molar-refractivity contribution is -0.870. The topological polar surface area (TPSA) is 111 Å². The van der Waals surface area contributed by atoms with E-state index >= 15 is 0 Å². The first kappa shape index (κ1) is 65.7. The summed E-state index contributed by atoms with van der Waals surface area (Å²) in [6.07, 6.45) is 65.2. The molecule has 10 heteroatoms. The Labute approximate surface area is 423 Å². The van der Waals surface area contributed by atoms with E-state index in [4.69, 9.17) is 13.8 Å². The number of unbranched alkanes of at least 4 members (excludes halogenated alkanes) is 15. The van der Waals surface area contributed by atoms with Crippen molar-refractivity contribution in [3.8, 4) is 0 Å². The number of phosphoric ester groups is 1. The fourth-order valence-electron chi connectivity index (χ4n) is 7.05. The van der Waals surface area contributed by atoms with Crippen LogP contribution in [-0.2, 0) is 27.9 Å². The van der Waals surface area contributed by atoms with Crippen LogP contribution in [0.2, 0.25) is 0 Å². The van der Waals surface area contributed by atoms with Crippen molar-refractivity contribution < 1.29 is 37.3 Å². The number of ether oxygens (including phenoxy) is 1. The molecule has 2 N–H and O–H groups in total. The minimum atomic E-state index is -4.47. The second kappa shape index (κ2) is 48.3. The van der Waals surface area contributed by atoms with Crippen LogP contribution in [0.3, 0.4) is 0 Å². The maximum Gasteiger partial charge on any atom is 0.472 e. The zero-order valence-electron chi connectivity index (χ0n) is 44.8. The molecule has 3 unspecified atom stereocenters. The molecule has 394 valence electrons. The monoisotopic (exact) mass is 982 g/mol. The van der Waals surface area contributed by atoms with Gasteiger partial charge in [-0.2, -0.15) is 0 Å². The molecule has 0 saturated heterocycles. The van der Waals surface area contributed by atoms with E-state index in [-0.39, 0.29) is 37.9 Å². The first-order valence-electron chi connectivity index (χ1n) is 27.2. The zero-order chi connectivity index (χ0) is 50.8. The van der Waals surface area contributed by atoms with Crippen LogP contribution in [-0.4, -0.2) is 74.3 Å². The Hall–Kier alpha value is -3.33. The molecule has 0 radical (unpaired) electrons. The van der Waals surface area contributed by atoms with Crippen LogP contribution in [0.4, 0.5) is 0 Å². The minimum Gasteiger partial charge on any atom is -0.456 e. The van der Waals surface area contributed by atoms with Crippen LogP contribution in [0.5, 0.6) is 0 Å². The molecule has 3 atom stereocenters. The van der Waals surface area contributed by atoms with Crippen molar-refractivity contribution >= 4 is 19.7 Å². The lowest BCUT2D eigenvalue weighted by Crippen LogP contribution is -2.47. The molecular formula is C59H102N2O7P+. The van der Waals surface area contributed by atoms with Crippen LogP contribution < -0.4 is 5.32 Å². The summed E-state index contributed by atoms with van der Waals surface area (Å²) >= 11 is 0. The van der Waals surface area contributed by atoms with Crippen molar-refractivity contribution in [3.05, 3.63) is 109 Å². The molecule has 9 nitrogen and oxygen atoms in total. The third kappa shape index (κ3) is 49.4. The Balaban J connectivity index is 5.54. The maximum atomic E-state index is 13.4. The highest BCUT2D eigenvalue weighted by molar-refractivity contribution is 7.47. The van der Waals surface area contributed by atoms with Gasteiger partial charge in [0.2, 0.25) is 5.91 Å². The predicted molar refractivity (Wildman–Crippen MR) is 295 cm³/mol. The Morgan fingerprint density at radius 1 is 0.522 bits per heavy atom. The summed E-state index contributed by atoms with van der Waals surface area (Å²) in [5, 5.41) is 3.00. The first-order chi connectivity index (χ1) is 33.4. The van der Waals surface area contributed by atoms with Crippen molar-refractivity contribution in [3.63, 3.8) is 0 Å². The van der Waals surface area contributed by atoms with Crippen LogP contribution in [0.25, 0.3) is 0 Å². The number of allylic oxidation sites excluding steroid dienone is 17. The zero-order valence-corrected chi connectivity index (χ0v) is 45.7. The van der Waals surface area contributed by atoms with Gasteiger partial charge in [0.15, 0.2) is 0 Å². The summed E-state index contributed by atoms with van der Waals surface area (Å²) in [6, 6.07) is -0.893. The molecule has 0 aromatic rings.